The highest BCUT2D eigenvalue weighted by atomic mass is 15.2. The first-order valence-electron chi connectivity index (χ1n) is 8.03. The van der Waals surface area contributed by atoms with Gasteiger partial charge in [0.1, 0.15) is 5.82 Å². The Morgan fingerprint density at radius 1 is 1.19 bits per heavy atom. The van der Waals surface area contributed by atoms with Crippen molar-refractivity contribution in [3.63, 3.8) is 0 Å². The number of pyridine rings is 1. The Kier molecular flexibility index (Phi) is 5.59. The van der Waals surface area contributed by atoms with Crippen molar-refractivity contribution in [3.05, 3.63) is 22.9 Å². The van der Waals surface area contributed by atoms with Crippen LogP contribution in [0.25, 0.3) is 0 Å². The van der Waals surface area contributed by atoms with Crippen LogP contribution in [0.4, 0.5) is 5.82 Å². The number of aromatic nitrogens is 1. The first-order chi connectivity index (χ1) is 9.97. The fourth-order valence-electron chi connectivity index (χ4n) is 2.64. The largest absolute Gasteiger partial charge is 0.359 e. The lowest BCUT2D eigenvalue weighted by Crippen LogP contribution is -2.27. The van der Waals surface area contributed by atoms with Crippen LogP contribution in [-0.4, -0.2) is 50.2 Å². The molecule has 4 heteroatoms. The van der Waals surface area contributed by atoms with Crippen LogP contribution in [0.15, 0.2) is 6.07 Å². The normalized spacial score (nSPS) is 14.8. The van der Waals surface area contributed by atoms with Gasteiger partial charge in [0.2, 0.25) is 0 Å². The van der Waals surface area contributed by atoms with Crippen LogP contribution >= 0.6 is 0 Å². The first kappa shape index (κ1) is 16.2. The van der Waals surface area contributed by atoms with Crippen molar-refractivity contribution in [3.8, 4) is 0 Å². The Bertz CT molecular complexity index is 466. The molecule has 0 atom stereocenters. The Morgan fingerprint density at radius 3 is 2.52 bits per heavy atom. The molecule has 0 unspecified atom stereocenters. The lowest BCUT2D eigenvalue weighted by molar-refractivity contribution is 0.401. The molecule has 4 nitrogen and oxygen atoms in total. The molecule has 0 bridgehead atoms. The van der Waals surface area contributed by atoms with E-state index in [1.807, 2.05) is 0 Å². The summed E-state index contributed by atoms with van der Waals surface area (Å²) in [6, 6.07) is 2.93. The SMILES string of the molecule is Cc1cc(C)c(CNC2CC2)c(N(C)CCCN(C)C)n1. The van der Waals surface area contributed by atoms with Crippen LogP contribution in [0, 0.1) is 13.8 Å². The fraction of sp³-hybridized carbons (Fsp3) is 0.706. The third-order valence-corrected chi connectivity index (χ3v) is 4.06. The van der Waals surface area contributed by atoms with Crippen molar-refractivity contribution in [1.29, 1.82) is 0 Å². The van der Waals surface area contributed by atoms with E-state index in [4.69, 9.17) is 4.98 Å². The highest BCUT2D eigenvalue weighted by Gasteiger charge is 2.22. The summed E-state index contributed by atoms with van der Waals surface area (Å²) in [7, 11) is 6.41. The summed E-state index contributed by atoms with van der Waals surface area (Å²) < 4.78 is 0. The van der Waals surface area contributed by atoms with Gasteiger partial charge < -0.3 is 15.1 Å². The topological polar surface area (TPSA) is 31.4 Å². The lowest BCUT2D eigenvalue weighted by Gasteiger charge is -2.24. The second-order valence-corrected chi connectivity index (χ2v) is 6.62. The van der Waals surface area contributed by atoms with Gasteiger partial charge in [-0.3, -0.25) is 0 Å². The highest BCUT2D eigenvalue weighted by Crippen LogP contribution is 2.25. The number of aryl methyl sites for hydroxylation is 2. The van der Waals surface area contributed by atoms with Crippen LogP contribution in [0.3, 0.4) is 0 Å². The fourth-order valence-corrected chi connectivity index (χ4v) is 2.64. The van der Waals surface area contributed by atoms with Crippen molar-refractivity contribution >= 4 is 5.82 Å². The summed E-state index contributed by atoms with van der Waals surface area (Å²) in [5, 5.41) is 3.63. The summed E-state index contributed by atoms with van der Waals surface area (Å²) in [6.07, 6.45) is 3.81. The zero-order valence-electron chi connectivity index (χ0n) is 14.2. The Hall–Kier alpha value is -1.13. The molecule has 1 heterocycles. The van der Waals surface area contributed by atoms with E-state index in [0.717, 1.165) is 43.6 Å². The highest BCUT2D eigenvalue weighted by molar-refractivity contribution is 5.51. The van der Waals surface area contributed by atoms with Crippen molar-refractivity contribution < 1.29 is 0 Å². The number of nitrogens with one attached hydrogen (secondary N) is 1. The molecule has 21 heavy (non-hydrogen) atoms. The third kappa shape index (κ3) is 4.97. The number of rotatable bonds is 8. The molecule has 1 saturated carbocycles. The Labute approximate surface area is 129 Å². The molecule has 1 fully saturated rings. The molecule has 1 aromatic rings. The average molecular weight is 290 g/mol. The van der Waals surface area contributed by atoms with E-state index in [9.17, 15) is 0 Å². The second kappa shape index (κ2) is 7.23. The molecule has 1 aliphatic rings. The van der Waals surface area contributed by atoms with Gasteiger partial charge in [-0.25, -0.2) is 4.98 Å². The van der Waals surface area contributed by atoms with Crippen LogP contribution < -0.4 is 10.2 Å². The van der Waals surface area contributed by atoms with E-state index >= 15 is 0 Å². The van der Waals surface area contributed by atoms with Crippen LogP contribution in [0.2, 0.25) is 0 Å². The zero-order valence-corrected chi connectivity index (χ0v) is 14.2. The Balaban J connectivity index is 2.06. The lowest BCUT2D eigenvalue weighted by atomic mass is 10.1. The maximum atomic E-state index is 4.80. The van der Waals surface area contributed by atoms with Gasteiger partial charge in [0.25, 0.3) is 0 Å². The van der Waals surface area contributed by atoms with Gasteiger partial charge in [-0.2, -0.15) is 0 Å². The van der Waals surface area contributed by atoms with Crippen molar-refractivity contribution in [2.24, 2.45) is 0 Å². The molecule has 0 aromatic carbocycles. The second-order valence-electron chi connectivity index (χ2n) is 6.62. The quantitative estimate of drug-likeness (QED) is 0.796. The van der Waals surface area contributed by atoms with E-state index < -0.39 is 0 Å². The summed E-state index contributed by atoms with van der Waals surface area (Å²) in [4.78, 5) is 9.35. The van der Waals surface area contributed by atoms with Gasteiger partial charge in [-0.1, -0.05) is 0 Å². The molecule has 0 radical (unpaired) electrons. The summed E-state index contributed by atoms with van der Waals surface area (Å²) in [6.45, 7) is 7.39. The predicted octanol–water partition coefficient (Wildman–Crippen LogP) is 2.34. The van der Waals surface area contributed by atoms with Gasteiger partial charge in [-0.05, 0) is 65.4 Å². The molecule has 0 spiro atoms. The average Bonchev–Trinajstić information content (AvgIpc) is 3.20. The van der Waals surface area contributed by atoms with Gasteiger partial charge in [-0.15, -0.1) is 0 Å². The minimum atomic E-state index is 0.734. The number of hydrogen-bond acceptors (Lipinski definition) is 4. The van der Waals surface area contributed by atoms with Gasteiger partial charge in [0, 0.05) is 37.4 Å². The summed E-state index contributed by atoms with van der Waals surface area (Å²) in [5.74, 6) is 1.15. The molecule has 0 saturated heterocycles. The van der Waals surface area contributed by atoms with Gasteiger partial charge in [0.15, 0.2) is 0 Å². The van der Waals surface area contributed by atoms with E-state index in [2.05, 4.69) is 56.2 Å². The van der Waals surface area contributed by atoms with Crippen LogP contribution in [0.1, 0.15) is 36.1 Å². The van der Waals surface area contributed by atoms with Crippen molar-refractivity contribution in [1.82, 2.24) is 15.2 Å². The number of anilines is 1. The predicted molar refractivity (Wildman–Crippen MR) is 90.0 cm³/mol. The molecule has 1 N–H and O–H groups in total. The number of hydrogen-bond donors (Lipinski definition) is 1. The van der Waals surface area contributed by atoms with E-state index in [-0.39, 0.29) is 0 Å². The van der Waals surface area contributed by atoms with E-state index in [1.54, 1.807) is 0 Å². The van der Waals surface area contributed by atoms with Gasteiger partial charge in [0.05, 0.1) is 0 Å². The van der Waals surface area contributed by atoms with Crippen LogP contribution in [0.5, 0.6) is 0 Å². The molecule has 0 amide bonds. The van der Waals surface area contributed by atoms with Crippen molar-refractivity contribution in [2.45, 2.75) is 45.7 Å². The molecule has 0 aliphatic heterocycles. The van der Waals surface area contributed by atoms with Crippen LogP contribution in [-0.2, 0) is 6.54 Å². The summed E-state index contributed by atoms with van der Waals surface area (Å²) in [5.41, 5.74) is 3.82. The molecule has 1 aromatic heterocycles. The standard InChI is InChI=1S/C17H30N4/c1-13-11-14(2)19-17(16(13)12-18-15-7-8-15)21(5)10-6-9-20(3)4/h11,15,18H,6-10,12H2,1-5H3. The molecule has 118 valence electrons. The van der Waals surface area contributed by atoms with Gasteiger partial charge >= 0.3 is 0 Å². The summed E-state index contributed by atoms with van der Waals surface area (Å²) >= 11 is 0. The van der Waals surface area contributed by atoms with E-state index in [1.165, 1.54) is 24.0 Å². The third-order valence-electron chi connectivity index (χ3n) is 4.06. The maximum Gasteiger partial charge on any atom is 0.133 e. The minimum absolute atomic E-state index is 0.734. The maximum absolute atomic E-state index is 4.80. The molecule has 1 aliphatic carbocycles. The zero-order chi connectivity index (χ0) is 15.4. The molecular formula is C17H30N4. The minimum Gasteiger partial charge on any atom is -0.359 e. The molecule has 2 rings (SSSR count). The molecular weight excluding hydrogens is 260 g/mol. The monoisotopic (exact) mass is 290 g/mol. The first-order valence-corrected chi connectivity index (χ1v) is 8.03. The van der Waals surface area contributed by atoms with Crippen molar-refractivity contribution in [2.75, 3.05) is 39.1 Å². The smallest absolute Gasteiger partial charge is 0.133 e. The van der Waals surface area contributed by atoms with E-state index in [0.29, 0.717) is 0 Å². The number of nitrogens with zero attached hydrogens (tertiary/aromatic N) is 3. The Morgan fingerprint density at radius 2 is 1.90 bits per heavy atom.